The Labute approximate surface area is 183 Å². The van der Waals surface area contributed by atoms with Gasteiger partial charge in [-0.05, 0) is 43.2 Å². The van der Waals surface area contributed by atoms with Crippen molar-refractivity contribution in [3.8, 4) is 0 Å². The van der Waals surface area contributed by atoms with Crippen LogP contribution in [0.3, 0.4) is 0 Å². The van der Waals surface area contributed by atoms with Crippen molar-refractivity contribution in [2.24, 2.45) is 0 Å². The number of carbonyl (C=O) groups is 4. The van der Waals surface area contributed by atoms with Gasteiger partial charge < -0.3 is 20.1 Å². The van der Waals surface area contributed by atoms with Crippen molar-refractivity contribution in [1.82, 2.24) is 10.6 Å². The van der Waals surface area contributed by atoms with Crippen LogP contribution in [-0.2, 0) is 9.47 Å². The molecule has 0 aliphatic carbocycles. The van der Waals surface area contributed by atoms with E-state index in [9.17, 15) is 19.2 Å². The summed E-state index contributed by atoms with van der Waals surface area (Å²) in [6, 6.07) is 8.41. The Morgan fingerprint density at radius 2 is 1.26 bits per heavy atom. The number of hydrogen-bond donors (Lipinski definition) is 2. The minimum Gasteiger partial charge on any atom is -0.460 e. The van der Waals surface area contributed by atoms with Crippen LogP contribution in [0.1, 0.15) is 66.7 Å². The van der Waals surface area contributed by atoms with Crippen LogP contribution < -0.4 is 10.6 Å². The van der Waals surface area contributed by atoms with Crippen LogP contribution in [0.2, 0.25) is 0 Å². The van der Waals surface area contributed by atoms with Gasteiger partial charge in [0.1, 0.15) is 13.2 Å². The molecule has 3 rings (SSSR count). The van der Waals surface area contributed by atoms with Gasteiger partial charge in [0.15, 0.2) is 0 Å². The molecule has 0 radical (unpaired) electrons. The van der Waals surface area contributed by atoms with Crippen LogP contribution in [-0.4, -0.2) is 49.1 Å². The Kier molecular flexibility index (Phi) is 7.41. The summed E-state index contributed by atoms with van der Waals surface area (Å²) < 4.78 is 10.7. The zero-order chi connectivity index (χ0) is 22.4. The molecule has 2 amide bonds. The van der Waals surface area contributed by atoms with Crippen molar-refractivity contribution in [1.29, 1.82) is 0 Å². The van der Waals surface area contributed by atoms with Crippen LogP contribution in [0.4, 0.5) is 0 Å². The molecule has 8 nitrogen and oxygen atoms in total. The molecule has 2 heterocycles. The highest BCUT2D eigenvalue weighted by molar-refractivity contribution is 7.15. The van der Waals surface area contributed by atoms with Gasteiger partial charge in [-0.3, -0.25) is 9.59 Å². The molecular formula is C22H24N2O6S. The van der Waals surface area contributed by atoms with Crippen molar-refractivity contribution < 1.29 is 28.7 Å². The lowest BCUT2D eigenvalue weighted by molar-refractivity contribution is 0.0449. The summed E-state index contributed by atoms with van der Waals surface area (Å²) >= 11 is 1.07. The average Bonchev–Trinajstić information content (AvgIpc) is 3.28. The molecule has 164 valence electrons. The van der Waals surface area contributed by atoms with Crippen molar-refractivity contribution in [2.45, 2.75) is 38.8 Å². The van der Waals surface area contributed by atoms with Crippen molar-refractivity contribution in [2.75, 3.05) is 13.2 Å². The third kappa shape index (κ3) is 5.69. The van der Waals surface area contributed by atoms with E-state index < -0.39 is 24.0 Å². The second-order valence-corrected chi connectivity index (χ2v) is 8.18. The quantitative estimate of drug-likeness (QED) is 0.689. The zero-order valence-electron chi connectivity index (χ0n) is 17.3. The number of ether oxygens (including phenoxy) is 2. The molecule has 1 aliphatic heterocycles. The molecule has 2 aromatic rings. The number of carbonyl (C=O) groups excluding carboxylic acids is 4. The lowest BCUT2D eigenvalue weighted by atomic mass is 10.1. The highest BCUT2D eigenvalue weighted by Gasteiger charge is 2.21. The molecule has 0 unspecified atom stereocenters. The summed E-state index contributed by atoms with van der Waals surface area (Å²) in [5.74, 6) is -1.87. The summed E-state index contributed by atoms with van der Waals surface area (Å²) in [5, 5.41) is 5.65. The largest absolute Gasteiger partial charge is 0.460 e. The molecular weight excluding hydrogens is 420 g/mol. The molecule has 1 aromatic carbocycles. The predicted octanol–water partition coefficient (Wildman–Crippen LogP) is 2.79. The van der Waals surface area contributed by atoms with Gasteiger partial charge in [0.2, 0.25) is 0 Å². The molecule has 0 spiro atoms. The highest BCUT2D eigenvalue weighted by atomic mass is 32.1. The Morgan fingerprint density at radius 1 is 0.806 bits per heavy atom. The van der Waals surface area contributed by atoms with Crippen LogP contribution in [0.25, 0.3) is 0 Å². The number of amides is 2. The maximum atomic E-state index is 12.6. The molecule has 4 bridgehead atoms. The molecule has 0 saturated carbocycles. The number of benzene rings is 1. The number of thiophene rings is 1. The van der Waals surface area contributed by atoms with Gasteiger partial charge in [-0.2, -0.15) is 0 Å². The number of hydrogen-bond acceptors (Lipinski definition) is 7. The number of rotatable bonds is 2. The van der Waals surface area contributed by atoms with Crippen LogP contribution in [0.15, 0.2) is 36.4 Å². The molecule has 1 aliphatic rings. The standard InChI is InChI=1S/C22H24N2O6S/c1-3-15-11-29-21(27)13-6-5-7-14(10-13)22(28)30-12-16(4-2)24-20(26)18-9-8-17(31-18)19(25)23-15/h5-10,15-16H,3-4,11-12H2,1-2H3,(H,23,25)(H,24,26)/t15-,16+. The molecule has 1 aromatic heterocycles. The first-order chi connectivity index (χ1) is 14.9. The van der Waals surface area contributed by atoms with Crippen LogP contribution >= 0.6 is 11.3 Å². The monoisotopic (exact) mass is 444 g/mol. The molecule has 0 fully saturated rings. The lowest BCUT2D eigenvalue weighted by Gasteiger charge is -2.18. The topological polar surface area (TPSA) is 111 Å². The summed E-state index contributed by atoms with van der Waals surface area (Å²) in [7, 11) is 0. The van der Waals surface area contributed by atoms with Gasteiger partial charge in [0.05, 0.1) is 33.0 Å². The first-order valence-corrected chi connectivity index (χ1v) is 10.9. The van der Waals surface area contributed by atoms with E-state index in [0.717, 1.165) is 11.3 Å². The Hall–Kier alpha value is -3.20. The van der Waals surface area contributed by atoms with Gasteiger partial charge in [-0.15, -0.1) is 11.3 Å². The normalized spacial score (nSPS) is 20.6. The van der Waals surface area contributed by atoms with Crippen molar-refractivity contribution in [3.63, 3.8) is 0 Å². The number of esters is 2. The van der Waals surface area contributed by atoms with E-state index in [0.29, 0.717) is 22.6 Å². The molecule has 31 heavy (non-hydrogen) atoms. The Morgan fingerprint density at radius 3 is 1.68 bits per heavy atom. The van der Waals surface area contributed by atoms with Crippen molar-refractivity contribution in [3.05, 3.63) is 57.3 Å². The van der Waals surface area contributed by atoms with Gasteiger partial charge in [-0.25, -0.2) is 9.59 Å². The SMILES string of the molecule is CC[C@@H]1COC(=O)c2cccc(c2)C(=O)OC[C@H](CC)NC(=O)c2ccc(s2)C(=O)N1. The van der Waals surface area contributed by atoms with Gasteiger partial charge in [0.25, 0.3) is 11.8 Å². The lowest BCUT2D eigenvalue weighted by Crippen LogP contribution is -2.38. The summed E-state index contributed by atoms with van der Waals surface area (Å²) in [5.41, 5.74) is 0.417. The van der Waals surface area contributed by atoms with E-state index in [1.54, 1.807) is 30.3 Å². The smallest absolute Gasteiger partial charge is 0.338 e. The Bertz CT molecular complexity index is 914. The van der Waals surface area contributed by atoms with E-state index in [-0.39, 0.29) is 36.2 Å². The fourth-order valence-corrected chi connectivity index (χ4v) is 3.72. The van der Waals surface area contributed by atoms with Gasteiger partial charge in [-0.1, -0.05) is 19.9 Å². The minimum absolute atomic E-state index is 0.0212. The third-order valence-corrected chi connectivity index (χ3v) is 5.96. The van der Waals surface area contributed by atoms with E-state index in [1.165, 1.54) is 6.07 Å². The van der Waals surface area contributed by atoms with E-state index in [2.05, 4.69) is 10.6 Å². The fourth-order valence-electron chi connectivity index (χ4n) is 2.91. The second kappa shape index (κ2) is 10.2. The van der Waals surface area contributed by atoms with Crippen LogP contribution in [0.5, 0.6) is 0 Å². The summed E-state index contributed by atoms with van der Waals surface area (Å²) in [4.78, 5) is 50.7. The maximum Gasteiger partial charge on any atom is 0.338 e. The first-order valence-electron chi connectivity index (χ1n) is 10.1. The van der Waals surface area contributed by atoms with Crippen molar-refractivity contribution >= 4 is 35.1 Å². The van der Waals surface area contributed by atoms with Gasteiger partial charge >= 0.3 is 11.9 Å². The van der Waals surface area contributed by atoms with E-state index in [1.807, 2.05) is 13.8 Å². The zero-order valence-corrected chi connectivity index (χ0v) is 18.1. The Balaban J connectivity index is 1.87. The number of cyclic esters (lactones) is 2. The molecule has 0 saturated heterocycles. The molecule has 2 atom stereocenters. The minimum atomic E-state index is -0.597. The first kappa shape index (κ1) is 22.5. The number of nitrogens with one attached hydrogen (secondary N) is 2. The summed E-state index contributed by atoms with van der Waals surface area (Å²) in [6.45, 7) is 3.68. The molecule has 2 N–H and O–H groups in total. The average molecular weight is 445 g/mol. The van der Waals surface area contributed by atoms with Crippen LogP contribution in [0, 0.1) is 0 Å². The number of fused-ring (bicyclic) bond motifs is 4. The maximum absolute atomic E-state index is 12.6. The fraction of sp³-hybridized carbons (Fsp3) is 0.364. The second-order valence-electron chi connectivity index (χ2n) is 7.10. The highest BCUT2D eigenvalue weighted by Crippen LogP contribution is 2.18. The van der Waals surface area contributed by atoms with E-state index in [4.69, 9.17) is 9.47 Å². The molecule has 9 heteroatoms. The van der Waals surface area contributed by atoms with E-state index >= 15 is 0 Å². The summed E-state index contributed by atoms with van der Waals surface area (Å²) in [6.07, 6.45) is 1.09. The predicted molar refractivity (Wildman–Crippen MR) is 114 cm³/mol. The third-order valence-electron chi connectivity index (χ3n) is 4.87. The van der Waals surface area contributed by atoms with Gasteiger partial charge in [0, 0.05) is 0 Å².